The molecule has 1 aliphatic rings. The molecule has 0 saturated carbocycles. The van der Waals surface area contributed by atoms with Crippen molar-refractivity contribution in [3.63, 3.8) is 0 Å². The summed E-state index contributed by atoms with van der Waals surface area (Å²) in [5.74, 6) is 0.0390. The van der Waals surface area contributed by atoms with Crippen molar-refractivity contribution < 1.29 is 24.4 Å². The molecular formula is C15H19N4O6P. The normalized spacial score (nSPS) is 26.6. The fourth-order valence-electron chi connectivity index (χ4n) is 2.52. The molecule has 11 heteroatoms. The second kappa shape index (κ2) is 8.09. The Hall–Kier alpha value is -2.07. The van der Waals surface area contributed by atoms with Gasteiger partial charge >= 0.3 is 5.69 Å². The summed E-state index contributed by atoms with van der Waals surface area (Å²) in [5, 5.41) is 23.0. The zero-order chi connectivity index (χ0) is 18.7. The first kappa shape index (κ1) is 18.7. The zero-order valence-corrected chi connectivity index (χ0v) is 14.4. The Morgan fingerprint density at radius 2 is 2.00 bits per heavy atom. The van der Waals surface area contributed by atoms with E-state index in [0.717, 1.165) is 4.57 Å². The molecule has 0 bridgehead atoms. The van der Waals surface area contributed by atoms with Crippen LogP contribution in [0.2, 0.25) is 0 Å². The van der Waals surface area contributed by atoms with Crippen molar-refractivity contribution in [3.8, 4) is 0 Å². The second-order valence-electron chi connectivity index (χ2n) is 5.64. The largest absolute Gasteiger partial charge is 0.387 e. The highest BCUT2D eigenvalue weighted by Crippen LogP contribution is 2.35. The van der Waals surface area contributed by atoms with Gasteiger partial charge in [-0.3, -0.25) is 4.57 Å². The molecular weight excluding hydrogens is 363 g/mol. The van der Waals surface area contributed by atoms with Crippen molar-refractivity contribution in [2.75, 3.05) is 17.4 Å². The van der Waals surface area contributed by atoms with Gasteiger partial charge in [-0.15, -0.1) is 0 Å². The van der Waals surface area contributed by atoms with E-state index in [-0.39, 0.29) is 12.4 Å². The number of rotatable bonds is 6. The lowest BCUT2D eigenvalue weighted by atomic mass is 10.1. The Labute approximate surface area is 149 Å². The van der Waals surface area contributed by atoms with Gasteiger partial charge in [-0.2, -0.15) is 4.98 Å². The third kappa shape index (κ3) is 4.18. The van der Waals surface area contributed by atoms with Gasteiger partial charge in [0, 0.05) is 11.9 Å². The number of anilines is 2. The fourth-order valence-corrected chi connectivity index (χ4v) is 3.24. The smallest absolute Gasteiger partial charge is 0.351 e. The zero-order valence-electron chi connectivity index (χ0n) is 13.5. The van der Waals surface area contributed by atoms with Gasteiger partial charge in [0.2, 0.25) is 0 Å². The van der Waals surface area contributed by atoms with E-state index in [0.29, 0.717) is 5.69 Å². The summed E-state index contributed by atoms with van der Waals surface area (Å²) in [6, 6.07) is 10.3. The highest BCUT2D eigenvalue weighted by Gasteiger charge is 2.44. The van der Waals surface area contributed by atoms with Gasteiger partial charge in [-0.25, -0.2) is 4.79 Å². The molecule has 1 aromatic heterocycles. The predicted octanol–water partition coefficient (Wildman–Crippen LogP) is -0.207. The fraction of sp³-hybridized carbons (Fsp3) is 0.333. The highest BCUT2D eigenvalue weighted by molar-refractivity contribution is 7.47. The molecule has 6 N–H and O–H groups in total. The van der Waals surface area contributed by atoms with Crippen molar-refractivity contribution >= 4 is 20.0 Å². The van der Waals surface area contributed by atoms with Crippen LogP contribution in [0, 0.1) is 0 Å². The molecule has 0 aliphatic carbocycles. The predicted molar refractivity (Wildman–Crippen MR) is 94.0 cm³/mol. The molecule has 1 fully saturated rings. The van der Waals surface area contributed by atoms with Crippen LogP contribution in [-0.4, -0.2) is 49.6 Å². The average molecular weight is 382 g/mol. The molecule has 0 amide bonds. The van der Waals surface area contributed by atoms with Crippen LogP contribution < -0.4 is 16.5 Å². The average Bonchev–Trinajstić information content (AvgIpc) is 2.89. The van der Waals surface area contributed by atoms with Crippen LogP contribution in [0.25, 0.3) is 0 Å². The minimum absolute atomic E-state index is 0.0390. The summed E-state index contributed by atoms with van der Waals surface area (Å²) >= 11 is 0. The molecule has 10 nitrogen and oxygen atoms in total. The minimum Gasteiger partial charge on any atom is -0.387 e. The third-order valence-corrected chi connectivity index (χ3v) is 4.67. The molecule has 0 spiro atoms. The molecule has 1 unspecified atom stereocenters. The number of hydrogen-bond acceptors (Lipinski definition) is 9. The first-order valence-electron chi connectivity index (χ1n) is 7.75. The number of nitrogens with two attached hydrogens (primary N) is 1. The van der Waals surface area contributed by atoms with Crippen LogP contribution in [0.1, 0.15) is 6.23 Å². The molecule has 3 rings (SSSR count). The molecule has 2 heterocycles. The summed E-state index contributed by atoms with van der Waals surface area (Å²) in [7, 11) is -2.01. The lowest BCUT2D eigenvalue weighted by Crippen LogP contribution is -2.36. The molecule has 1 saturated heterocycles. The minimum atomic E-state index is -2.01. The molecule has 0 radical (unpaired) electrons. The Morgan fingerprint density at radius 1 is 1.27 bits per heavy atom. The number of nitrogen functional groups attached to an aromatic ring is 1. The number of para-hydroxylation sites is 1. The Kier molecular flexibility index (Phi) is 5.82. The van der Waals surface area contributed by atoms with E-state index in [1.54, 1.807) is 24.3 Å². The maximum Gasteiger partial charge on any atom is 0.351 e. The molecule has 2 aromatic rings. The van der Waals surface area contributed by atoms with Gasteiger partial charge in [-0.05, 0) is 18.2 Å². The Balaban J connectivity index is 1.60. The van der Waals surface area contributed by atoms with Crippen molar-refractivity contribution in [3.05, 3.63) is 53.1 Å². The first-order chi connectivity index (χ1) is 12.5. The van der Waals surface area contributed by atoms with Gasteiger partial charge < -0.3 is 35.2 Å². The van der Waals surface area contributed by atoms with Crippen LogP contribution in [0.4, 0.5) is 11.5 Å². The molecule has 1 aliphatic heterocycles. The Bertz CT molecular complexity index is 791. The maximum atomic E-state index is 11.9. The van der Waals surface area contributed by atoms with Crippen LogP contribution in [0.15, 0.2) is 47.4 Å². The van der Waals surface area contributed by atoms with Crippen molar-refractivity contribution in [2.45, 2.75) is 24.5 Å². The summed E-state index contributed by atoms with van der Waals surface area (Å²) in [4.78, 5) is 25.4. The highest BCUT2D eigenvalue weighted by atomic mass is 31.2. The number of nitrogens with zero attached hydrogens (tertiary/aromatic N) is 2. The van der Waals surface area contributed by atoms with Gasteiger partial charge in [-0.1, -0.05) is 18.2 Å². The van der Waals surface area contributed by atoms with E-state index < -0.39 is 38.8 Å². The van der Waals surface area contributed by atoms with E-state index in [2.05, 4.69) is 10.1 Å². The van der Waals surface area contributed by atoms with Crippen LogP contribution in [0.3, 0.4) is 0 Å². The molecule has 140 valence electrons. The summed E-state index contributed by atoms with van der Waals surface area (Å²) in [6.07, 6.45) is -3.41. The van der Waals surface area contributed by atoms with Crippen molar-refractivity contribution in [2.24, 2.45) is 0 Å². The quantitative estimate of drug-likeness (QED) is 0.427. The van der Waals surface area contributed by atoms with Crippen molar-refractivity contribution in [1.82, 2.24) is 9.55 Å². The summed E-state index contributed by atoms with van der Waals surface area (Å²) in [5.41, 5.74) is 5.39. The van der Waals surface area contributed by atoms with E-state index in [9.17, 15) is 19.9 Å². The maximum absolute atomic E-state index is 11.9. The van der Waals surface area contributed by atoms with Crippen LogP contribution in [-0.2, 0) is 9.26 Å². The van der Waals surface area contributed by atoms with E-state index in [4.69, 9.17) is 15.0 Å². The number of aliphatic hydroxyl groups is 2. The number of nitrogens with one attached hydrogen (secondary N) is 1. The standard InChI is InChI=1S/C15H19N4O6P/c16-11-6-7-19(15(22)17-11)14-13(21)12(20)10(25-14)8-24-26(23)18-9-4-2-1-3-5-9/h1-7,10,12-14,18,20-21,23H,8H2,(H2,16,17,22)/t10-,12-,13-,14-,26?/m1/s1. The molecule has 26 heavy (non-hydrogen) atoms. The number of hydrogen-bond donors (Lipinski definition) is 5. The number of benzene rings is 1. The van der Waals surface area contributed by atoms with E-state index in [1.165, 1.54) is 12.3 Å². The monoisotopic (exact) mass is 382 g/mol. The van der Waals surface area contributed by atoms with E-state index >= 15 is 0 Å². The van der Waals surface area contributed by atoms with Gasteiger partial charge in [0.15, 0.2) is 6.23 Å². The van der Waals surface area contributed by atoms with Gasteiger partial charge in [0.1, 0.15) is 24.1 Å². The van der Waals surface area contributed by atoms with Crippen LogP contribution in [0.5, 0.6) is 0 Å². The third-order valence-electron chi connectivity index (χ3n) is 3.82. The first-order valence-corrected chi connectivity index (χ1v) is 8.97. The number of ether oxygens (including phenoxy) is 1. The van der Waals surface area contributed by atoms with Gasteiger partial charge in [0.05, 0.1) is 6.61 Å². The molecule has 5 atom stereocenters. The number of aromatic nitrogens is 2. The second-order valence-corrected chi connectivity index (χ2v) is 6.66. The van der Waals surface area contributed by atoms with Crippen LogP contribution >= 0.6 is 8.53 Å². The SMILES string of the molecule is Nc1ccn([C@@H]2O[C@H](COP(O)Nc3ccccc3)[C@@H](O)[C@H]2O)c(=O)n1. The van der Waals surface area contributed by atoms with Gasteiger partial charge in [0.25, 0.3) is 8.53 Å². The lowest BCUT2D eigenvalue weighted by Gasteiger charge is -2.18. The molecule has 1 aromatic carbocycles. The van der Waals surface area contributed by atoms with E-state index in [1.807, 2.05) is 6.07 Å². The summed E-state index contributed by atoms with van der Waals surface area (Å²) < 4.78 is 11.8. The Morgan fingerprint density at radius 3 is 2.69 bits per heavy atom. The lowest BCUT2D eigenvalue weighted by molar-refractivity contribution is -0.0512. The summed E-state index contributed by atoms with van der Waals surface area (Å²) in [6.45, 7) is -0.187. The topological polar surface area (TPSA) is 152 Å². The number of aliphatic hydroxyl groups excluding tert-OH is 2. The van der Waals surface area contributed by atoms with Crippen molar-refractivity contribution in [1.29, 1.82) is 0 Å².